The second-order valence-corrected chi connectivity index (χ2v) is 5.06. The summed E-state index contributed by atoms with van der Waals surface area (Å²) in [7, 11) is 0. The van der Waals surface area contributed by atoms with Crippen LogP contribution in [0, 0.1) is 6.92 Å². The molecule has 1 atom stereocenters. The predicted octanol–water partition coefficient (Wildman–Crippen LogP) is 1.64. The smallest absolute Gasteiger partial charge is 0.270 e. The highest BCUT2D eigenvalue weighted by Gasteiger charge is 2.12. The van der Waals surface area contributed by atoms with Gasteiger partial charge in [0, 0.05) is 30.0 Å². The first-order valence-corrected chi connectivity index (χ1v) is 6.87. The summed E-state index contributed by atoms with van der Waals surface area (Å²) in [5.41, 5.74) is 2.89. The molecule has 5 nitrogen and oxygen atoms in total. The predicted molar refractivity (Wildman–Crippen MR) is 79.8 cm³/mol. The average Bonchev–Trinajstić information content (AvgIpc) is 2.47. The van der Waals surface area contributed by atoms with Gasteiger partial charge in [-0.25, -0.2) is 0 Å². The van der Waals surface area contributed by atoms with Gasteiger partial charge in [-0.2, -0.15) is 0 Å². The second kappa shape index (κ2) is 6.95. The van der Waals surface area contributed by atoms with Crippen LogP contribution >= 0.6 is 0 Å². The highest BCUT2D eigenvalue weighted by molar-refractivity contribution is 5.92. The van der Waals surface area contributed by atoms with Gasteiger partial charge in [-0.1, -0.05) is 6.07 Å². The minimum atomic E-state index is -0.245. The van der Waals surface area contributed by atoms with Crippen molar-refractivity contribution in [1.29, 1.82) is 0 Å². The maximum Gasteiger partial charge on any atom is 0.270 e. The maximum atomic E-state index is 12.1. The molecule has 0 aromatic carbocycles. The van der Waals surface area contributed by atoms with Gasteiger partial charge in [-0.3, -0.25) is 14.8 Å². The van der Waals surface area contributed by atoms with E-state index in [1.807, 2.05) is 32.0 Å². The number of nitrogens with zero attached hydrogens (tertiary/aromatic N) is 2. The van der Waals surface area contributed by atoms with Crippen molar-refractivity contribution in [3.63, 3.8) is 0 Å². The molecule has 0 radical (unpaired) electrons. The fraction of sp³-hybridized carbons (Fsp3) is 0.312. The molecule has 0 unspecified atom stereocenters. The lowest BCUT2D eigenvalue weighted by Gasteiger charge is -2.13. The van der Waals surface area contributed by atoms with E-state index in [0.717, 1.165) is 11.4 Å². The minimum Gasteiger partial charge on any atom is -0.392 e. The minimum absolute atomic E-state index is 0.0496. The van der Waals surface area contributed by atoms with Gasteiger partial charge in [0.05, 0.1) is 6.61 Å². The van der Waals surface area contributed by atoms with Crippen LogP contribution in [-0.2, 0) is 13.0 Å². The summed E-state index contributed by atoms with van der Waals surface area (Å²) >= 11 is 0. The molecular formula is C16H19N3O2. The summed E-state index contributed by atoms with van der Waals surface area (Å²) in [5.74, 6) is -0.245. The van der Waals surface area contributed by atoms with Crippen molar-refractivity contribution in [2.45, 2.75) is 32.9 Å². The average molecular weight is 285 g/mol. The molecule has 0 saturated carbocycles. The van der Waals surface area contributed by atoms with Crippen molar-refractivity contribution in [2.75, 3.05) is 0 Å². The Bertz CT molecular complexity index is 628. The number of aliphatic hydroxyl groups is 1. The molecule has 1 amide bonds. The fourth-order valence-corrected chi connectivity index (χ4v) is 2.07. The third kappa shape index (κ3) is 4.36. The number of aromatic nitrogens is 2. The van der Waals surface area contributed by atoms with Crippen molar-refractivity contribution >= 4 is 5.91 Å². The number of aliphatic hydroxyl groups excluding tert-OH is 1. The monoisotopic (exact) mass is 285 g/mol. The Hall–Kier alpha value is -2.27. The first-order chi connectivity index (χ1) is 10.1. The van der Waals surface area contributed by atoms with E-state index in [-0.39, 0.29) is 18.6 Å². The van der Waals surface area contributed by atoms with Gasteiger partial charge in [-0.15, -0.1) is 0 Å². The van der Waals surface area contributed by atoms with E-state index in [2.05, 4.69) is 15.3 Å². The van der Waals surface area contributed by atoms with Crippen molar-refractivity contribution < 1.29 is 9.90 Å². The highest BCUT2D eigenvalue weighted by atomic mass is 16.3. The second-order valence-electron chi connectivity index (χ2n) is 5.06. The SMILES string of the molecule is Cc1cccc(C[C@H](C)NC(=O)c2cc(CO)ccn2)n1. The van der Waals surface area contributed by atoms with Crippen LogP contribution in [0.25, 0.3) is 0 Å². The van der Waals surface area contributed by atoms with Crippen LogP contribution in [-0.4, -0.2) is 27.0 Å². The van der Waals surface area contributed by atoms with E-state index < -0.39 is 0 Å². The van der Waals surface area contributed by atoms with E-state index in [4.69, 9.17) is 5.11 Å². The number of carbonyl (C=O) groups is 1. The zero-order valence-electron chi connectivity index (χ0n) is 12.2. The quantitative estimate of drug-likeness (QED) is 0.875. The van der Waals surface area contributed by atoms with Crippen LogP contribution in [0.2, 0.25) is 0 Å². The first kappa shape index (κ1) is 15.1. The van der Waals surface area contributed by atoms with Crippen LogP contribution < -0.4 is 5.32 Å². The molecule has 5 heteroatoms. The van der Waals surface area contributed by atoms with Gasteiger partial charge in [0.25, 0.3) is 5.91 Å². The zero-order valence-corrected chi connectivity index (χ0v) is 12.2. The highest BCUT2D eigenvalue weighted by Crippen LogP contribution is 2.05. The van der Waals surface area contributed by atoms with Gasteiger partial charge in [-0.05, 0) is 43.7 Å². The third-order valence-electron chi connectivity index (χ3n) is 3.08. The third-order valence-corrected chi connectivity index (χ3v) is 3.08. The van der Waals surface area contributed by atoms with Gasteiger partial charge < -0.3 is 10.4 Å². The number of rotatable bonds is 5. The van der Waals surface area contributed by atoms with Crippen molar-refractivity contribution in [2.24, 2.45) is 0 Å². The number of carbonyl (C=O) groups excluding carboxylic acids is 1. The molecule has 0 aliphatic carbocycles. The van der Waals surface area contributed by atoms with Crippen LogP contribution in [0.1, 0.15) is 34.4 Å². The number of pyridine rings is 2. The summed E-state index contributed by atoms with van der Waals surface area (Å²) in [6.07, 6.45) is 2.18. The maximum absolute atomic E-state index is 12.1. The summed E-state index contributed by atoms with van der Waals surface area (Å²) < 4.78 is 0. The Labute approximate surface area is 124 Å². The first-order valence-electron chi connectivity index (χ1n) is 6.87. The molecule has 2 heterocycles. The fourth-order valence-electron chi connectivity index (χ4n) is 2.07. The van der Waals surface area contributed by atoms with E-state index in [0.29, 0.717) is 17.7 Å². The van der Waals surface area contributed by atoms with E-state index >= 15 is 0 Å². The topological polar surface area (TPSA) is 75.1 Å². The molecule has 110 valence electrons. The number of hydrogen-bond donors (Lipinski definition) is 2. The number of aryl methyl sites for hydroxylation is 1. The molecule has 21 heavy (non-hydrogen) atoms. The standard InChI is InChI=1S/C16H19N3O2/c1-11-4-3-5-14(18-11)8-12(2)19-16(21)15-9-13(10-20)6-7-17-15/h3-7,9,12,20H,8,10H2,1-2H3,(H,19,21)/t12-/m0/s1. The normalized spacial score (nSPS) is 12.0. The summed E-state index contributed by atoms with van der Waals surface area (Å²) in [6.45, 7) is 3.76. The van der Waals surface area contributed by atoms with Gasteiger partial charge in [0.1, 0.15) is 5.69 Å². The van der Waals surface area contributed by atoms with Crippen molar-refractivity contribution in [3.8, 4) is 0 Å². The number of nitrogens with one attached hydrogen (secondary N) is 1. The van der Waals surface area contributed by atoms with Crippen LogP contribution in [0.4, 0.5) is 0 Å². The number of amides is 1. The van der Waals surface area contributed by atoms with Gasteiger partial charge >= 0.3 is 0 Å². The molecule has 2 rings (SSSR count). The molecule has 0 bridgehead atoms. The largest absolute Gasteiger partial charge is 0.392 e. The van der Waals surface area contributed by atoms with Crippen molar-refractivity contribution in [3.05, 3.63) is 59.2 Å². The van der Waals surface area contributed by atoms with Crippen LogP contribution in [0.5, 0.6) is 0 Å². The molecule has 0 saturated heterocycles. The van der Waals surface area contributed by atoms with E-state index in [1.165, 1.54) is 6.20 Å². The summed E-state index contributed by atoms with van der Waals surface area (Å²) in [5, 5.41) is 12.0. The molecule has 0 spiro atoms. The Balaban J connectivity index is 1.98. The molecular weight excluding hydrogens is 266 g/mol. The Morgan fingerprint density at radius 2 is 2.19 bits per heavy atom. The van der Waals surface area contributed by atoms with Crippen LogP contribution in [0.3, 0.4) is 0 Å². The van der Waals surface area contributed by atoms with E-state index in [9.17, 15) is 4.79 Å². The lowest BCUT2D eigenvalue weighted by atomic mass is 10.1. The number of hydrogen-bond acceptors (Lipinski definition) is 4. The van der Waals surface area contributed by atoms with Crippen LogP contribution in [0.15, 0.2) is 36.5 Å². The lowest BCUT2D eigenvalue weighted by molar-refractivity contribution is 0.0934. The van der Waals surface area contributed by atoms with Gasteiger partial charge in [0.2, 0.25) is 0 Å². The molecule has 2 aromatic heterocycles. The summed E-state index contributed by atoms with van der Waals surface area (Å²) in [4.78, 5) is 20.5. The van der Waals surface area contributed by atoms with E-state index in [1.54, 1.807) is 12.1 Å². The molecule has 0 aliphatic heterocycles. The molecule has 0 aliphatic rings. The molecule has 2 aromatic rings. The zero-order chi connectivity index (χ0) is 15.2. The lowest BCUT2D eigenvalue weighted by Crippen LogP contribution is -2.34. The Kier molecular flexibility index (Phi) is 5.00. The molecule has 0 fully saturated rings. The molecule has 2 N–H and O–H groups in total. The Morgan fingerprint density at radius 1 is 1.38 bits per heavy atom. The Morgan fingerprint density at radius 3 is 2.90 bits per heavy atom. The summed E-state index contributed by atoms with van der Waals surface area (Å²) in [6, 6.07) is 9.06. The van der Waals surface area contributed by atoms with Crippen molar-refractivity contribution in [1.82, 2.24) is 15.3 Å². The van der Waals surface area contributed by atoms with Gasteiger partial charge in [0.15, 0.2) is 0 Å².